The smallest absolute Gasteiger partial charge is 0.266 e. The average Bonchev–Trinajstić information content (AvgIpc) is 2.74. The molecule has 1 N–H and O–H groups in total. The van der Waals surface area contributed by atoms with Gasteiger partial charge in [0.2, 0.25) is 0 Å². The molecule has 31 heavy (non-hydrogen) atoms. The molecule has 0 fully saturated rings. The van der Waals surface area contributed by atoms with Gasteiger partial charge in [-0.05, 0) is 89.9 Å². The molecule has 0 aliphatic heterocycles. The van der Waals surface area contributed by atoms with Crippen LogP contribution in [0.1, 0.15) is 27.8 Å². The van der Waals surface area contributed by atoms with Crippen LogP contribution < -0.4 is 10.1 Å². The van der Waals surface area contributed by atoms with E-state index >= 15 is 0 Å². The Morgan fingerprint density at radius 3 is 2.58 bits per heavy atom. The van der Waals surface area contributed by atoms with Crippen molar-refractivity contribution in [2.45, 2.75) is 27.4 Å². The molecule has 3 aromatic rings. The Kier molecular flexibility index (Phi) is 7.48. The summed E-state index contributed by atoms with van der Waals surface area (Å²) < 4.78 is 6.85. The molecule has 156 valence electrons. The van der Waals surface area contributed by atoms with Gasteiger partial charge in [-0.15, -0.1) is 0 Å². The largest absolute Gasteiger partial charge is 0.488 e. The molecule has 0 saturated carbocycles. The van der Waals surface area contributed by atoms with Crippen LogP contribution in [-0.2, 0) is 11.4 Å². The summed E-state index contributed by atoms with van der Waals surface area (Å²) in [5.74, 6) is 0.337. The van der Waals surface area contributed by atoms with E-state index in [1.807, 2.05) is 68.4 Å². The first-order chi connectivity index (χ1) is 14.9. The van der Waals surface area contributed by atoms with Crippen molar-refractivity contribution in [1.82, 2.24) is 0 Å². The van der Waals surface area contributed by atoms with Crippen molar-refractivity contribution in [3.8, 4) is 11.8 Å². The molecule has 0 unspecified atom stereocenters. The summed E-state index contributed by atoms with van der Waals surface area (Å²) in [4.78, 5) is 12.6. The number of rotatable bonds is 6. The molecule has 3 aromatic carbocycles. The topological polar surface area (TPSA) is 62.1 Å². The summed E-state index contributed by atoms with van der Waals surface area (Å²) in [5.41, 5.74) is 5.88. The highest BCUT2D eigenvalue weighted by Gasteiger charge is 2.12. The van der Waals surface area contributed by atoms with Crippen LogP contribution in [0.15, 0.2) is 66.2 Å². The lowest BCUT2D eigenvalue weighted by atomic mass is 10.1. The lowest BCUT2D eigenvalue weighted by Crippen LogP contribution is -2.14. The number of hydrogen-bond donors (Lipinski definition) is 1. The molecule has 4 nitrogen and oxygen atoms in total. The molecule has 0 spiro atoms. The summed E-state index contributed by atoms with van der Waals surface area (Å²) >= 11 is 2.20. The summed E-state index contributed by atoms with van der Waals surface area (Å²) in [6, 6.07) is 21.5. The molecule has 0 aliphatic rings. The van der Waals surface area contributed by atoms with E-state index in [-0.39, 0.29) is 5.57 Å². The summed E-state index contributed by atoms with van der Waals surface area (Å²) in [7, 11) is 0. The fourth-order valence-corrected chi connectivity index (χ4v) is 3.77. The number of nitriles is 1. The molecular formula is C26H23IN2O2. The zero-order valence-corrected chi connectivity index (χ0v) is 19.9. The number of hydrogen-bond acceptors (Lipinski definition) is 3. The summed E-state index contributed by atoms with van der Waals surface area (Å²) in [5, 5.41) is 12.3. The normalized spacial score (nSPS) is 11.0. The van der Waals surface area contributed by atoms with Gasteiger partial charge < -0.3 is 10.1 Å². The fourth-order valence-electron chi connectivity index (χ4n) is 3.08. The minimum atomic E-state index is -0.425. The second kappa shape index (κ2) is 10.3. The van der Waals surface area contributed by atoms with Gasteiger partial charge in [-0.25, -0.2) is 0 Å². The number of amides is 1. The van der Waals surface area contributed by atoms with Gasteiger partial charge in [0.15, 0.2) is 0 Å². The van der Waals surface area contributed by atoms with Crippen LogP contribution in [0.2, 0.25) is 0 Å². The third kappa shape index (κ3) is 5.96. The second-order valence-corrected chi connectivity index (χ2v) is 8.50. The average molecular weight is 522 g/mol. The van der Waals surface area contributed by atoms with E-state index in [1.165, 1.54) is 5.56 Å². The van der Waals surface area contributed by atoms with Gasteiger partial charge in [0.1, 0.15) is 24.0 Å². The highest BCUT2D eigenvalue weighted by molar-refractivity contribution is 14.1. The number of carbonyl (C=O) groups excluding carboxylic acids is 1. The van der Waals surface area contributed by atoms with E-state index in [4.69, 9.17) is 4.74 Å². The Morgan fingerprint density at radius 2 is 1.87 bits per heavy atom. The van der Waals surface area contributed by atoms with Crippen molar-refractivity contribution in [2.75, 3.05) is 5.32 Å². The summed E-state index contributed by atoms with van der Waals surface area (Å²) in [6.45, 7) is 6.46. The number of nitrogens with one attached hydrogen (secondary N) is 1. The monoisotopic (exact) mass is 522 g/mol. The second-order valence-electron chi connectivity index (χ2n) is 7.34. The zero-order chi connectivity index (χ0) is 22.4. The van der Waals surface area contributed by atoms with Crippen LogP contribution >= 0.6 is 22.6 Å². The van der Waals surface area contributed by atoms with Crippen molar-refractivity contribution < 1.29 is 9.53 Å². The van der Waals surface area contributed by atoms with Crippen molar-refractivity contribution in [3.05, 3.63) is 97.6 Å². The standard InChI is InChI=1S/C26H23IN2O2/c1-17-6-4-8-21(12-17)16-31-25-11-10-20(14-23(25)27)13-22(15-28)26(30)29-24-9-5-7-18(2)19(24)3/h4-14H,16H2,1-3H3,(H,29,30)/b22-13+. The van der Waals surface area contributed by atoms with E-state index in [2.05, 4.69) is 47.0 Å². The Labute approximate surface area is 196 Å². The molecule has 5 heteroatoms. The molecule has 0 bridgehead atoms. The zero-order valence-electron chi connectivity index (χ0n) is 17.7. The van der Waals surface area contributed by atoms with Gasteiger partial charge in [0.25, 0.3) is 5.91 Å². The molecule has 1 amide bonds. The Hall–Kier alpha value is -3.11. The Bertz CT molecular complexity index is 1190. The van der Waals surface area contributed by atoms with Crippen molar-refractivity contribution in [3.63, 3.8) is 0 Å². The number of carbonyl (C=O) groups is 1. The van der Waals surface area contributed by atoms with Crippen LogP contribution in [0.5, 0.6) is 5.75 Å². The first-order valence-electron chi connectivity index (χ1n) is 9.84. The van der Waals surface area contributed by atoms with Gasteiger partial charge in [-0.1, -0.05) is 48.0 Å². The van der Waals surface area contributed by atoms with Gasteiger partial charge in [0, 0.05) is 5.69 Å². The van der Waals surface area contributed by atoms with Crippen LogP contribution in [0.25, 0.3) is 6.08 Å². The number of nitrogens with zero attached hydrogens (tertiary/aromatic N) is 1. The van der Waals surface area contributed by atoms with Crippen molar-refractivity contribution in [1.29, 1.82) is 5.26 Å². The molecule has 0 radical (unpaired) electrons. The lowest BCUT2D eigenvalue weighted by molar-refractivity contribution is -0.112. The predicted molar refractivity (Wildman–Crippen MR) is 133 cm³/mol. The van der Waals surface area contributed by atoms with Crippen LogP contribution in [0.4, 0.5) is 5.69 Å². The third-order valence-corrected chi connectivity index (χ3v) is 5.80. The third-order valence-electron chi connectivity index (χ3n) is 4.96. The number of anilines is 1. The maximum Gasteiger partial charge on any atom is 0.266 e. The number of halogens is 1. The van der Waals surface area contributed by atoms with E-state index < -0.39 is 5.91 Å². The molecule has 0 aliphatic carbocycles. The van der Waals surface area contributed by atoms with Crippen LogP contribution in [0.3, 0.4) is 0 Å². The number of aryl methyl sites for hydroxylation is 2. The van der Waals surface area contributed by atoms with Crippen LogP contribution in [-0.4, -0.2) is 5.91 Å². The van der Waals surface area contributed by atoms with Crippen molar-refractivity contribution in [2.24, 2.45) is 0 Å². The minimum absolute atomic E-state index is 0.0464. The Balaban J connectivity index is 1.73. The van der Waals surface area contributed by atoms with E-state index in [0.717, 1.165) is 31.6 Å². The quantitative estimate of drug-likeness (QED) is 0.234. The van der Waals surface area contributed by atoms with Crippen LogP contribution in [0, 0.1) is 35.7 Å². The highest BCUT2D eigenvalue weighted by atomic mass is 127. The van der Waals surface area contributed by atoms with Gasteiger partial charge in [0.05, 0.1) is 3.57 Å². The van der Waals surface area contributed by atoms with Gasteiger partial charge in [-0.2, -0.15) is 5.26 Å². The van der Waals surface area contributed by atoms with Gasteiger partial charge >= 0.3 is 0 Å². The maximum atomic E-state index is 12.6. The highest BCUT2D eigenvalue weighted by Crippen LogP contribution is 2.25. The molecule has 0 heterocycles. The van der Waals surface area contributed by atoms with E-state index in [9.17, 15) is 10.1 Å². The molecule has 0 atom stereocenters. The first-order valence-corrected chi connectivity index (χ1v) is 10.9. The minimum Gasteiger partial charge on any atom is -0.488 e. The van der Waals surface area contributed by atoms with Crippen molar-refractivity contribution >= 4 is 40.3 Å². The SMILES string of the molecule is Cc1cccc(COc2ccc(/C=C(\C#N)C(=O)Nc3cccc(C)c3C)cc2I)c1. The molecular weight excluding hydrogens is 499 g/mol. The molecule has 0 aromatic heterocycles. The first kappa shape index (κ1) is 22.6. The van der Waals surface area contributed by atoms with Gasteiger partial charge in [-0.3, -0.25) is 4.79 Å². The maximum absolute atomic E-state index is 12.6. The number of benzene rings is 3. The summed E-state index contributed by atoms with van der Waals surface area (Å²) in [6.07, 6.45) is 1.59. The Morgan fingerprint density at radius 1 is 1.10 bits per heavy atom. The van der Waals surface area contributed by atoms with E-state index in [1.54, 1.807) is 6.08 Å². The fraction of sp³-hybridized carbons (Fsp3) is 0.154. The predicted octanol–water partition coefficient (Wildman–Crippen LogP) is 6.34. The molecule has 3 rings (SSSR count). The lowest BCUT2D eigenvalue weighted by Gasteiger charge is -2.11. The number of ether oxygens (including phenoxy) is 1. The van der Waals surface area contributed by atoms with E-state index in [0.29, 0.717) is 12.3 Å². The molecule has 0 saturated heterocycles.